The minimum Gasteiger partial charge on any atom is -0.388 e. The third-order valence-electron chi connectivity index (χ3n) is 7.99. The Morgan fingerprint density at radius 2 is 1.83 bits per heavy atom. The molecule has 0 saturated heterocycles. The van der Waals surface area contributed by atoms with Gasteiger partial charge < -0.3 is 10.8 Å². The summed E-state index contributed by atoms with van der Waals surface area (Å²) < 4.78 is 0. The maximum atomic E-state index is 10.9. The van der Waals surface area contributed by atoms with Gasteiger partial charge in [-0.25, -0.2) is 0 Å². The fourth-order valence-corrected chi connectivity index (χ4v) is 6.31. The zero-order chi connectivity index (χ0) is 13.4. The van der Waals surface area contributed by atoms with E-state index < -0.39 is 5.60 Å². The third-order valence-corrected chi connectivity index (χ3v) is 7.99. The van der Waals surface area contributed by atoms with Gasteiger partial charge in [0, 0.05) is 6.54 Å². The highest BCUT2D eigenvalue weighted by Crippen LogP contribution is 2.79. The van der Waals surface area contributed by atoms with Crippen LogP contribution in [0.3, 0.4) is 0 Å². The van der Waals surface area contributed by atoms with Gasteiger partial charge in [0.05, 0.1) is 5.60 Å². The zero-order valence-electron chi connectivity index (χ0n) is 12.4. The van der Waals surface area contributed by atoms with Gasteiger partial charge in [-0.05, 0) is 60.2 Å². The van der Waals surface area contributed by atoms with Crippen LogP contribution in [0.25, 0.3) is 0 Å². The summed E-state index contributed by atoms with van der Waals surface area (Å²) in [6.07, 6.45) is 5.99. The van der Waals surface area contributed by atoms with Crippen molar-refractivity contribution in [2.75, 3.05) is 6.54 Å². The molecule has 3 rings (SSSR count). The number of hydrogen-bond donors (Lipinski definition) is 2. The minimum atomic E-state index is -0.609. The smallest absolute Gasteiger partial charge is 0.0803 e. The normalized spacial score (nSPS) is 57.7. The predicted molar refractivity (Wildman–Crippen MR) is 74.1 cm³/mol. The largest absolute Gasteiger partial charge is 0.388 e. The molecule has 0 aromatic carbocycles. The van der Waals surface area contributed by atoms with Crippen molar-refractivity contribution < 1.29 is 5.11 Å². The summed E-state index contributed by atoms with van der Waals surface area (Å²) in [4.78, 5) is 0. The van der Waals surface area contributed by atoms with Crippen molar-refractivity contribution >= 4 is 0 Å². The highest BCUT2D eigenvalue weighted by molar-refractivity contribution is 5.23. The van der Waals surface area contributed by atoms with Crippen molar-refractivity contribution in [1.82, 2.24) is 0 Å². The van der Waals surface area contributed by atoms with E-state index in [0.717, 1.165) is 12.3 Å². The molecule has 2 bridgehead atoms. The quantitative estimate of drug-likeness (QED) is 0.752. The first-order chi connectivity index (χ1) is 8.23. The molecule has 0 unspecified atom stereocenters. The van der Waals surface area contributed by atoms with E-state index in [2.05, 4.69) is 27.7 Å². The molecule has 3 N–H and O–H groups in total. The van der Waals surface area contributed by atoms with E-state index in [9.17, 15) is 5.11 Å². The van der Waals surface area contributed by atoms with Crippen LogP contribution in [0.1, 0.15) is 59.8 Å². The molecule has 0 radical (unpaired) electrons. The first-order valence-corrected chi connectivity index (χ1v) is 7.66. The van der Waals surface area contributed by atoms with Crippen molar-refractivity contribution in [3.8, 4) is 0 Å². The third kappa shape index (κ3) is 1.09. The fourth-order valence-electron chi connectivity index (χ4n) is 6.31. The Hall–Kier alpha value is -0.0800. The second-order valence-corrected chi connectivity index (χ2v) is 8.21. The van der Waals surface area contributed by atoms with Crippen LogP contribution in [-0.2, 0) is 0 Å². The molecule has 3 saturated carbocycles. The molecule has 0 aliphatic heterocycles. The van der Waals surface area contributed by atoms with E-state index in [-0.39, 0.29) is 5.41 Å². The van der Waals surface area contributed by atoms with Gasteiger partial charge in [0.2, 0.25) is 0 Å². The fraction of sp³-hybridized carbons (Fsp3) is 1.00. The monoisotopic (exact) mass is 251 g/mol. The molecule has 0 aromatic rings. The second-order valence-electron chi connectivity index (χ2n) is 8.21. The Kier molecular flexibility index (Phi) is 2.39. The molecular weight excluding hydrogens is 222 g/mol. The Morgan fingerprint density at radius 3 is 2.44 bits per heavy atom. The standard InChI is InChI=1S/C16H29NO/c1-11-5-6-14(4)13(2,3)12-9-15(11,14)7-8-16(12,18)10-17/h11-12,18H,5-10,17H2,1-4H3/t11-,12-,14+,15+,16+/m1/s1. The number of fused-ring (bicyclic) bond motifs is 1. The van der Waals surface area contributed by atoms with E-state index in [1.165, 1.54) is 25.7 Å². The number of rotatable bonds is 1. The minimum absolute atomic E-state index is 0.211. The van der Waals surface area contributed by atoms with Crippen molar-refractivity contribution in [3.05, 3.63) is 0 Å². The van der Waals surface area contributed by atoms with Crippen LogP contribution in [0, 0.1) is 28.1 Å². The number of hydrogen-bond acceptors (Lipinski definition) is 2. The highest BCUT2D eigenvalue weighted by Gasteiger charge is 2.73. The molecule has 0 heterocycles. The molecule has 18 heavy (non-hydrogen) atoms. The highest BCUT2D eigenvalue weighted by atomic mass is 16.3. The molecule has 2 heteroatoms. The van der Waals surface area contributed by atoms with E-state index in [1.54, 1.807) is 0 Å². The average molecular weight is 251 g/mol. The average Bonchev–Trinajstić information content (AvgIpc) is 2.66. The van der Waals surface area contributed by atoms with Gasteiger partial charge in [-0.2, -0.15) is 0 Å². The van der Waals surface area contributed by atoms with Crippen LogP contribution in [0.4, 0.5) is 0 Å². The van der Waals surface area contributed by atoms with Gasteiger partial charge >= 0.3 is 0 Å². The van der Waals surface area contributed by atoms with Crippen LogP contribution < -0.4 is 5.73 Å². The van der Waals surface area contributed by atoms with E-state index in [1.807, 2.05) is 0 Å². The van der Waals surface area contributed by atoms with E-state index >= 15 is 0 Å². The zero-order valence-corrected chi connectivity index (χ0v) is 12.4. The lowest BCUT2D eigenvalue weighted by atomic mass is 9.57. The van der Waals surface area contributed by atoms with Crippen molar-refractivity contribution in [3.63, 3.8) is 0 Å². The lowest BCUT2D eigenvalue weighted by Gasteiger charge is -2.47. The van der Waals surface area contributed by atoms with E-state index in [0.29, 0.717) is 23.3 Å². The molecule has 3 aliphatic carbocycles. The Morgan fingerprint density at radius 1 is 1.17 bits per heavy atom. The van der Waals surface area contributed by atoms with Gasteiger partial charge in [-0.3, -0.25) is 0 Å². The number of nitrogens with two attached hydrogens (primary N) is 1. The molecule has 3 aliphatic rings. The summed E-state index contributed by atoms with van der Waals surface area (Å²) in [5.74, 6) is 1.20. The molecule has 0 amide bonds. The first kappa shape index (κ1) is 12.9. The number of aliphatic hydroxyl groups is 1. The SMILES string of the molecule is C[C@@H]1CC[C@@]2(C)C(C)(C)[C@H]3C[C@@]12CC[C@]3(O)CN. The van der Waals surface area contributed by atoms with Gasteiger partial charge in [-0.15, -0.1) is 0 Å². The van der Waals surface area contributed by atoms with Gasteiger partial charge in [0.25, 0.3) is 0 Å². The molecule has 2 nitrogen and oxygen atoms in total. The Labute approximate surface area is 111 Å². The molecule has 0 aromatic heterocycles. The van der Waals surface area contributed by atoms with Crippen molar-refractivity contribution in [1.29, 1.82) is 0 Å². The molecule has 104 valence electrons. The molecular formula is C16H29NO. The van der Waals surface area contributed by atoms with Crippen LogP contribution in [0.15, 0.2) is 0 Å². The molecule has 3 fully saturated rings. The summed E-state index contributed by atoms with van der Waals surface area (Å²) in [6, 6.07) is 0. The van der Waals surface area contributed by atoms with Gasteiger partial charge in [0.1, 0.15) is 0 Å². The summed E-state index contributed by atoms with van der Waals surface area (Å²) in [5, 5.41) is 10.9. The lowest BCUT2D eigenvalue weighted by Crippen LogP contribution is -2.51. The van der Waals surface area contributed by atoms with Gasteiger partial charge in [-0.1, -0.05) is 27.7 Å². The van der Waals surface area contributed by atoms with Crippen LogP contribution >= 0.6 is 0 Å². The summed E-state index contributed by atoms with van der Waals surface area (Å²) in [6.45, 7) is 10.2. The first-order valence-electron chi connectivity index (χ1n) is 7.66. The lowest BCUT2D eigenvalue weighted by molar-refractivity contribution is -0.0795. The maximum Gasteiger partial charge on any atom is 0.0803 e. The summed E-state index contributed by atoms with van der Waals surface area (Å²) in [5.41, 5.74) is 6.39. The Balaban J connectivity index is 2.13. The molecule has 1 spiro atoms. The summed E-state index contributed by atoms with van der Waals surface area (Å²) in [7, 11) is 0. The van der Waals surface area contributed by atoms with Gasteiger partial charge in [0.15, 0.2) is 0 Å². The van der Waals surface area contributed by atoms with Crippen LogP contribution in [-0.4, -0.2) is 17.3 Å². The van der Waals surface area contributed by atoms with Crippen molar-refractivity contribution in [2.24, 2.45) is 33.8 Å². The predicted octanol–water partition coefficient (Wildman–Crippen LogP) is 2.94. The summed E-state index contributed by atoms with van der Waals surface area (Å²) >= 11 is 0. The topological polar surface area (TPSA) is 46.2 Å². The maximum absolute atomic E-state index is 10.9. The van der Waals surface area contributed by atoms with E-state index in [4.69, 9.17) is 5.73 Å². The Bertz CT molecular complexity index is 379. The van der Waals surface area contributed by atoms with Crippen molar-refractivity contribution in [2.45, 2.75) is 65.4 Å². The molecule has 5 atom stereocenters. The van der Waals surface area contributed by atoms with Crippen LogP contribution in [0.5, 0.6) is 0 Å². The van der Waals surface area contributed by atoms with Crippen LogP contribution in [0.2, 0.25) is 0 Å². The second kappa shape index (κ2) is 3.32.